The topological polar surface area (TPSA) is 69.2 Å². The van der Waals surface area contributed by atoms with E-state index in [0.717, 1.165) is 23.4 Å². The first-order valence-corrected chi connectivity index (χ1v) is 6.79. The quantitative estimate of drug-likeness (QED) is 0.886. The fourth-order valence-corrected chi connectivity index (χ4v) is 2.34. The lowest BCUT2D eigenvalue weighted by Gasteiger charge is -2.25. The van der Waals surface area contributed by atoms with Crippen molar-refractivity contribution in [2.45, 2.75) is 25.7 Å². The normalized spacial score (nSPS) is 13.3. The van der Waals surface area contributed by atoms with Crippen LogP contribution in [0, 0.1) is 6.92 Å². The van der Waals surface area contributed by atoms with Crippen LogP contribution in [0.4, 0.5) is 13.2 Å². The van der Waals surface area contributed by atoms with E-state index in [2.05, 4.69) is 10.2 Å². The Bertz CT molecular complexity index is 680. The summed E-state index contributed by atoms with van der Waals surface area (Å²) >= 11 is 0. The van der Waals surface area contributed by atoms with Gasteiger partial charge in [0.15, 0.2) is 0 Å². The molecule has 1 heterocycles. The number of likely N-dealkylation sites (N-methyl/N-ethyl adjacent to an activating group) is 1. The molecule has 2 rings (SSSR count). The largest absolute Gasteiger partial charge is 0.480 e. The summed E-state index contributed by atoms with van der Waals surface area (Å²) < 4.78 is 37.8. The molecule has 2 aromatic rings. The lowest BCUT2D eigenvalue weighted by molar-refractivity contribution is -0.143. The summed E-state index contributed by atoms with van der Waals surface area (Å²) in [5.74, 6) is -1.13. The number of aromatic amines is 1. The molecule has 23 heavy (non-hydrogen) atoms. The van der Waals surface area contributed by atoms with Crippen molar-refractivity contribution in [2.75, 3.05) is 7.05 Å². The first kappa shape index (κ1) is 17.0. The van der Waals surface area contributed by atoms with E-state index in [1.807, 2.05) is 6.92 Å². The molecule has 0 aliphatic carbocycles. The Balaban J connectivity index is 2.24. The number of halogens is 3. The van der Waals surface area contributed by atoms with E-state index >= 15 is 0 Å². The third kappa shape index (κ3) is 3.89. The number of nitrogens with one attached hydrogen (secondary N) is 1. The molecule has 0 saturated carbocycles. The molecule has 1 unspecified atom stereocenters. The summed E-state index contributed by atoms with van der Waals surface area (Å²) in [7, 11) is 1.60. The average Bonchev–Trinajstić information content (AvgIpc) is 2.83. The number of benzene rings is 1. The number of carbonyl (C=O) groups is 1. The van der Waals surface area contributed by atoms with Gasteiger partial charge in [-0.1, -0.05) is 12.1 Å². The van der Waals surface area contributed by atoms with Crippen LogP contribution in [-0.2, 0) is 17.5 Å². The molecule has 0 bridgehead atoms. The number of H-pyrrole nitrogens is 1. The third-order valence-electron chi connectivity index (χ3n) is 3.58. The molecular weight excluding hydrogens is 311 g/mol. The van der Waals surface area contributed by atoms with Gasteiger partial charge < -0.3 is 5.11 Å². The Kier molecular flexibility index (Phi) is 4.74. The predicted octanol–water partition coefficient (Wildman–Crippen LogP) is 2.99. The zero-order valence-electron chi connectivity index (χ0n) is 12.6. The highest BCUT2D eigenvalue weighted by Crippen LogP contribution is 2.31. The Morgan fingerprint density at radius 1 is 1.35 bits per heavy atom. The fourth-order valence-electron chi connectivity index (χ4n) is 2.34. The van der Waals surface area contributed by atoms with Crippen molar-refractivity contribution in [1.82, 2.24) is 15.1 Å². The molecule has 8 heteroatoms. The lowest BCUT2D eigenvalue weighted by Crippen LogP contribution is -2.30. The van der Waals surface area contributed by atoms with Gasteiger partial charge in [-0.15, -0.1) is 0 Å². The van der Waals surface area contributed by atoms with Crippen LogP contribution in [0.15, 0.2) is 30.5 Å². The van der Waals surface area contributed by atoms with Gasteiger partial charge in [0, 0.05) is 17.8 Å². The molecule has 1 atom stereocenters. The molecular formula is C15H16F3N3O2. The van der Waals surface area contributed by atoms with Crippen LogP contribution in [0.25, 0.3) is 0 Å². The van der Waals surface area contributed by atoms with Crippen LogP contribution in [0.5, 0.6) is 0 Å². The molecule has 0 aliphatic rings. The van der Waals surface area contributed by atoms with E-state index in [4.69, 9.17) is 0 Å². The van der Waals surface area contributed by atoms with Crippen molar-refractivity contribution in [3.05, 3.63) is 52.8 Å². The minimum absolute atomic E-state index is 0.286. The van der Waals surface area contributed by atoms with Gasteiger partial charge in [-0.25, -0.2) is 0 Å². The Morgan fingerprint density at radius 2 is 1.96 bits per heavy atom. The number of carboxylic acid groups (broad SMARTS) is 1. The van der Waals surface area contributed by atoms with E-state index in [1.54, 1.807) is 18.1 Å². The second-order valence-electron chi connectivity index (χ2n) is 5.30. The van der Waals surface area contributed by atoms with E-state index in [9.17, 15) is 23.1 Å². The first-order chi connectivity index (χ1) is 10.7. The Morgan fingerprint density at radius 3 is 2.39 bits per heavy atom. The second kappa shape index (κ2) is 6.41. The Hall–Kier alpha value is -2.35. The van der Waals surface area contributed by atoms with Gasteiger partial charge in [-0.05, 0) is 31.7 Å². The van der Waals surface area contributed by atoms with Crippen LogP contribution in [0.3, 0.4) is 0 Å². The number of hydrogen-bond acceptors (Lipinski definition) is 3. The molecule has 1 aromatic carbocycles. The van der Waals surface area contributed by atoms with Crippen LogP contribution in [-0.4, -0.2) is 33.2 Å². The predicted molar refractivity (Wildman–Crippen MR) is 76.6 cm³/mol. The molecule has 0 fully saturated rings. The molecule has 0 amide bonds. The van der Waals surface area contributed by atoms with Gasteiger partial charge in [0.2, 0.25) is 0 Å². The highest BCUT2D eigenvalue weighted by Gasteiger charge is 2.31. The van der Waals surface area contributed by atoms with Crippen molar-refractivity contribution in [3.63, 3.8) is 0 Å². The van der Waals surface area contributed by atoms with Crippen molar-refractivity contribution < 1.29 is 23.1 Å². The minimum atomic E-state index is -4.45. The number of aliphatic carboxylic acids is 1. The zero-order chi connectivity index (χ0) is 17.2. The summed E-state index contributed by atoms with van der Waals surface area (Å²) in [4.78, 5) is 13.1. The van der Waals surface area contributed by atoms with Crippen molar-refractivity contribution in [1.29, 1.82) is 0 Å². The number of rotatable bonds is 5. The SMILES string of the molecule is Cc1[nH]ncc1CN(C)C(C(=O)O)c1ccc(C(F)(F)F)cc1. The van der Waals surface area contributed by atoms with E-state index < -0.39 is 23.8 Å². The van der Waals surface area contributed by atoms with Gasteiger partial charge in [0.25, 0.3) is 0 Å². The maximum absolute atomic E-state index is 12.6. The van der Waals surface area contributed by atoms with Crippen LogP contribution in [0.1, 0.15) is 28.4 Å². The minimum Gasteiger partial charge on any atom is -0.480 e. The standard InChI is InChI=1S/C15H16F3N3O2/c1-9-11(7-19-20-9)8-21(2)13(14(22)23)10-3-5-12(6-4-10)15(16,17)18/h3-7,13H,8H2,1-2H3,(H,19,20)(H,22,23). The Labute approximate surface area is 130 Å². The van der Waals surface area contributed by atoms with Crippen LogP contribution >= 0.6 is 0 Å². The average molecular weight is 327 g/mol. The number of aromatic nitrogens is 2. The summed E-state index contributed by atoms with van der Waals surface area (Å²) in [5, 5.41) is 16.1. The number of alkyl halides is 3. The van der Waals surface area contributed by atoms with Gasteiger partial charge in [0.1, 0.15) is 6.04 Å². The maximum atomic E-state index is 12.6. The fraction of sp³-hybridized carbons (Fsp3) is 0.333. The second-order valence-corrected chi connectivity index (χ2v) is 5.30. The molecule has 2 N–H and O–H groups in total. The smallest absolute Gasteiger partial charge is 0.416 e. The van der Waals surface area contributed by atoms with E-state index in [-0.39, 0.29) is 5.56 Å². The van der Waals surface area contributed by atoms with Crippen molar-refractivity contribution >= 4 is 5.97 Å². The molecule has 0 aliphatic heterocycles. The van der Waals surface area contributed by atoms with Gasteiger partial charge >= 0.3 is 12.1 Å². The summed E-state index contributed by atoms with van der Waals surface area (Å²) in [6.07, 6.45) is -2.85. The molecule has 0 spiro atoms. The molecule has 5 nitrogen and oxygen atoms in total. The highest BCUT2D eigenvalue weighted by molar-refractivity contribution is 5.75. The van der Waals surface area contributed by atoms with Crippen LogP contribution in [0.2, 0.25) is 0 Å². The van der Waals surface area contributed by atoms with Gasteiger partial charge in [-0.2, -0.15) is 18.3 Å². The van der Waals surface area contributed by atoms with Gasteiger partial charge in [-0.3, -0.25) is 14.8 Å². The number of nitrogens with zero attached hydrogens (tertiary/aromatic N) is 2. The highest BCUT2D eigenvalue weighted by atomic mass is 19.4. The third-order valence-corrected chi connectivity index (χ3v) is 3.58. The van der Waals surface area contributed by atoms with Crippen LogP contribution < -0.4 is 0 Å². The summed E-state index contributed by atoms with van der Waals surface area (Å²) in [6, 6.07) is 3.12. The van der Waals surface area contributed by atoms with E-state index in [0.29, 0.717) is 6.54 Å². The first-order valence-electron chi connectivity index (χ1n) is 6.79. The lowest BCUT2D eigenvalue weighted by atomic mass is 10.0. The zero-order valence-corrected chi connectivity index (χ0v) is 12.6. The van der Waals surface area contributed by atoms with Crippen molar-refractivity contribution in [2.24, 2.45) is 0 Å². The van der Waals surface area contributed by atoms with Gasteiger partial charge in [0.05, 0.1) is 11.8 Å². The monoisotopic (exact) mass is 327 g/mol. The summed E-state index contributed by atoms with van der Waals surface area (Å²) in [5.41, 5.74) is 1.12. The summed E-state index contributed by atoms with van der Waals surface area (Å²) in [6.45, 7) is 2.12. The molecule has 124 valence electrons. The number of aryl methyl sites for hydroxylation is 1. The van der Waals surface area contributed by atoms with E-state index in [1.165, 1.54) is 12.1 Å². The number of hydrogen-bond donors (Lipinski definition) is 2. The molecule has 0 saturated heterocycles. The maximum Gasteiger partial charge on any atom is 0.416 e. The molecule has 1 aromatic heterocycles. The number of carboxylic acids is 1. The molecule has 0 radical (unpaired) electrons. The van der Waals surface area contributed by atoms with Crippen molar-refractivity contribution in [3.8, 4) is 0 Å².